The van der Waals surface area contributed by atoms with Gasteiger partial charge in [-0.1, -0.05) is 6.07 Å². The third-order valence-electron chi connectivity index (χ3n) is 3.71. The summed E-state index contributed by atoms with van der Waals surface area (Å²) >= 11 is 0. The molecule has 1 aromatic rings. The second-order valence-corrected chi connectivity index (χ2v) is 5.35. The standard InChI is InChI=1S/C15H23N3O3/c1-17(2)15(20)14(18-8-6-16-7-9-18)11-4-5-12(19)13(10-11)21-3/h4-5,10,14,16,19H,6-9H2,1-3H3. The molecule has 1 unspecified atom stereocenters. The number of hydrogen-bond donors (Lipinski definition) is 2. The van der Waals surface area contributed by atoms with Crippen LogP contribution >= 0.6 is 0 Å². The number of benzene rings is 1. The fraction of sp³-hybridized carbons (Fsp3) is 0.533. The molecule has 1 aliphatic rings. The van der Waals surface area contributed by atoms with Crippen molar-refractivity contribution in [1.29, 1.82) is 0 Å². The van der Waals surface area contributed by atoms with Gasteiger partial charge in [0.25, 0.3) is 0 Å². The summed E-state index contributed by atoms with van der Waals surface area (Å²) in [5, 5.41) is 13.0. The number of methoxy groups -OCH3 is 1. The Morgan fingerprint density at radius 2 is 2.05 bits per heavy atom. The summed E-state index contributed by atoms with van der Waals surface area (Å²) < 4.78 is 5.16. The molecule has 1 heterocycles. The molecular formula is C15H23N3O3. The molecule has 1 amide bonds. The average molecular weight is 293 g/mol. The van der Waals surface area contributed by atoms with Crippen LogP contribution in [-0.4, -0.2) is 68.2 Å². The van der Waals surface area contributed by atoms with Gasteiger partial charge in [-0.05, 0) is 17.7 Å². The molecule has 1 saturated heterocycles. The van der Waals surface area contributed by atoms with Gasteiger partial charge in [-0.2, -0.15) is 0 Å². The minimum atomic E-state index is -0.350. The molecular weight excluding hydrogens is 270 g/mol. The number of aromatic hydroxyl groups is 1. The topological polar surface area (TPSA) is 65.0 Å². The van der Waals surface area contributed by atoms with Gasteiger partial charge in [0.2, 0.25) is 5.91 Å². The lowest BCUT2D eigenvalue weighted by Crippen LogP contribution is -2.49. The van der Waals surface area contributed by atoms with Crippen molar-refractivity contribution in [2.75, 3.05) is 47.4 Å². The van der Waals surface area contributed by atoms with Gasteiger partial charge >= 0.3 is 0 Å². The highest BCUT2D eigenvalue weighted by Crippen LogP contribution is 2.32. The van der Waals surface area contributed by atoms with Crippen molar-refractivity contribution in [2.24, 2.45) is 0 Å². The molecule has 6 nitrogen and oxygen atoms in total. The Labute approximate surface area is 125 Å². The van der Waals surface area contributed by atoms with Crippen LogP contribution in [0.3, 0.4) is 0 Å². The molecule has 0 radical (unpaired) electrons. The molecule has 0 aromatic heterocycles. The maximum atomic E-state index is 12.6. The van der Waals surface area contributed by atoms with Crippen molar-refractivity contribution in [3.63, 3.8) is 0 Å². The minimum absolute atomic E-state index is 0.0321. The number of piperazine rings is 1. The van der Waals surface area contributed by atoms with E-state index in [9.17, 15) is 9.90 Å². The maximum absolute atomic E-state index is 12.6. The lowest BCUT2D eigenvalue weighted by molar-refractivity contribution is -0.135. The Morgan fingerprint density at radius 1 is 1.38 bits per heavy atom. The molecule has 0 saturated carbocycles. The summed E-state index contributed by atoms with van der Waals surface area (Å²) in [6.45, 7) is 3.36. The molecule has 21 heavy (non-hydrogen) atoms. The number of amides is 1. The van der Waals surface area contributed by atoms with Crippen molar-refractivity contribution in [2.45, 2.75) is 6.04 Å². The fourth-order valence-electron chi connectivity index (χ4n) is 2.56. The van der Waals surface area contributed by atoms with Crippen LogP contribution in [0.25, 0.3) is 0 Å². The first-order valence-corrected chi connectivity index (χ1v) is 7.07. The Morgan fingerprint density at radius 3 is 2.62 bits per heavy atom. The number of nitrogens with zero attached hydrogens (tertiary/aromatic N) is 2. The highest BCUT2D eigenvalue weighted by atomic mass is 16.5. The minimum Gasteiger partial charge on any atom is -0.504 e. The largest absolute Gasteiger partial charge is 0.504 e. The number of carbonyl (C=O) groups excluding carboxylic acids is 1. The van der Waals surface area contributed by atoms with Crippen molar-refractivity contribution >= 4 is 5.91 Å². The first kappa shape index (κ1) is 15.6. The normalized spacial score (nSPS) is 17.3. The zero-order valence-electron chi connectivity index (χ0n) is 12.8. The van der Waals surface area contributed by atoms with E-state index in [2.05, 4.69) is 10.2 Å². The number of phenols is 1. The van der Waals surface area contributed by atoms with Crippen molar-refractivity contribution in [3.05, 3.63) is 23.8 Å². The van der Waals surface area contributed by atoms with E-state index in [-0.39, 0.29) is 17.7 Å². The lowest BCUT2D eigenvalue weighted by atomic mass is 10.0. The Kier molecular flexibility index (Phi) is 5.03. The lowest BCUT2D eigenvalue weighted by Gasteiger charge is -2.35. The predicted octanol–water partition coefficient (Wildman–Crippen LogP) is 0.435. The van der Waals surface area contributed by atoms with Gasteiger partial charge in [-0.15, -0.1) is 0 Å². The monoisotopic (exact) mass is 293 g/mol. The van der Waals surface area contributed by atoms with Crippen LogP contribution in [-0.2, 0) is 4.79 Å². The average Bonchev–Trinajstić information content (AvgIpc) is 2.50. The second-order valence-electron chi connectivity index (χ2n) is 5.35. The van der Waals surface area contributed by atoms with Crippen LogP contribution in [0.15, 0.2) is 18.2 Å². The third kappa shape index (κ3) is 3.46. The summed E-state index contributed by atoms with van der Waals surface area (Å²) in [5.74, 6) is 0.501. The van der Waals surface area contributed by atoms with E-state index < -0.39 is 0 Å². The fourth-order valence-corrected chi connectivity index (χ4v) is 2.56. The number of rotatable bonds is 4. The van der Waals surface area contributed by atoms with Gasteiger partial charge in [0.15, 0.2) is 11.5 Å². The van der Waals surface area contributed by atoms with Gasteiger partial charge in [0, 0.05) is 40.3 Å². The van der Waals surface area contributed by atoms with E-state index in [4.69, 9.17) is 4.74 Å². The van der Waals surface area contributed by atoms with Crippen molar-refractivity contribution < 1.29 is 14.6 Å². The van der Waals surface area contributed by atoms with Gasteiger partial charge in [0.1, 0.15) is 6.04 Å². The zero-order chi connectivity index (χ0) is 15.4. The maximum Gasteiger partial charge on any atom is 0.244 e. The van der Waals surface area contributed by atoms with E-state index in [1.807, 2.05) is 0 Å². The van der Waals surface area contributed by atoms with Gasteiger partial charge < -0.3 is 20.1 Å². The molecule has 1 atom stereocenters. The molecule has 2 rings (SSSR count). The number of ether oxygens (including phenoxy) is 1. The molecule has 0 aliphatic carbocycles. The summed E-state index contributed by atoms with van der Waals surface area (Å²) in [5.41, 5.74) is 0.838. The summed E-state index contributed by atoms with van der Waals surface area (Å²) in [6.07, 6.45) is 0. The zero-order valence-corrected chi connectivity index (χ0v) is 12.8. The summed E-state index contributed by atoms with van der Waals surface area (Å²) in [7, 11) is 5.02. The number of carbonyl (C=O) groups is 1. The van der Waals surface area contributed by atoms with Crippen LogP contribution in [0.5, 0.6) is 11.5 Å². The smallest absolute Gasteiger partial charge is 0.244 e. The Hall–Kier alpha value is -1.79. The Balaban J connectivity index is 2.36. The molecule has 0 spiro atoms. The van der Waals surface area contributed by atoms with Crippen LogP contribution in [0, 0.1) is 0 Å². The van der Waals surface area contributed by atoms with Crippen LogP contribution < -0.4 is 10.1 Å². The number of phenolic OH excluding ortho intramolecular Hbond substituents is 1. The van der Waals surface area contributed by atoms with Crippen LogP contribution in [0.1, 0.15) is 11.6 Å². The highest BCUT2D eigenvalue weighted by molar-refractivity contribution is 5.83. The first-order chi connectivity index (χ1) is 10.0. The quantitative estimate of drug-likeness (QED) is 0.843. The van der Waals surface area contributed by atoms with Crippen molar-refractivity contribution in [3.8, 4) is 11.5 Å². The molecule has 1 aromatic carbocycles. The van der Waals surface area contributed by atoms with Crippen LogP contribution in [0.2, 0.25) is 0 Å². The Bertz CT molecular complexity index is 499. The third-order valence-corrected chi connectivity index (χ3v) is 3.71. The van der Waals surface area contributed by atoms with E-state index in [0.717, 1.165) is 31.7 Å². The SMILES string of the molecule is COc1cc(C(C(=O)N(C)C)N2CCNCC2)ccc1O. The predicted molar refractivity (Wildman–Crippen MR) is 80.5 cm³/mol. The van der Waals surface area contributed by atoms with Gasteiger partial charge in [0.05, 0.1) is 7.11 Å². The number of hydrogen-bond acceptors (Lipinski definition) is 5. The second kappa shape index (κ2) is 6.78. The molecule has 0 bridgehead atoms. The highest BCUT2D eigenvalue weighted by Gasteiger charge is 2.30. The summed E-state index contributed by atoms with van der Waals surface area (Å²) in [6, 6.07) is 4.75. The molecule has 1 fully saturated rings. The van der Waals surface area contributed by atoms with E-state index >= 15 is 0 Å². The van der Waals surface area contributed by atoms with Crippen molar-refractivity contribution in [1.82, 2.24) is 15.1 Å². The van der Waals surface area contributed by atoms with Gasteiger partial charge in [-0.25, -0.2) is 0 Å². The molecule has 1 aliphatic heterocycles. The van der Waals surface area contributed by atoms with E-state index in [1.165, 1.54) is 7.11 Å². The molecule has 6 heteroatoms. The molecule has 116 valence electrons. The number of likely N-dealkylation sites (N-methyl/N-ethyl adjacent to an activating group) is 1. The van der Waals surface area contributed by atoms with E-state index in [0.29, 0.717) is 5.75 Å². The number of nitrogens with one attached hydrogen (secondary N) is 1. The molecule has 2 N–H and O–H groups in total. The van der Waals surface area contributed by atoms with Crippen LogP contribution in [0.4, 0.5) is 0 Å². The van der Waals surface area contributed by atoms with E-state index in [1.54, 1.807) is 37.2 Å². The summed E-state index contributed by atoms with van der Waals surface area (Å²) in [4.78, 5) is 16.3. The van der Waals surface area contributed by atoms with Gasteiger partial charge in [-0.3, -0.25) is 9.69 Å². The first-order valence-electron chi connectivity index (χ1n) is 7.07.